The molecule has 0 unspecified atom stereocenters. The highest BCUT2D eigenvalue weighted by molar-refractivity contribution is 6.28. The summed E-state index contributed by atoms with van der Waals surface area (Å²) in [7, 11) is 0. The van der Waals surface area contributed by atoms with E-state index in [4.69, 9.17) is 0 Å². The van der Waals surface area contributed by atoms with Gasteiger partial charge in [0.15, 0.2) is 0 Å². The second-order valence-corrected chi connectivity index (χ2v) is 15.9. The number of fused-ring (bicyclic) bond motifs is 14. The van der Waals surface area contributed by atoms with Crippen LogP contribution in [-0.2, 0) is 0 Å². The largest absolute Gasteiger partial charge is 0.309 e. The monoisotopic (exact) mass is 788 g/mol. The molecule has 9 aromatic carbocycles. The van der Waals surface area contributed by atoms with Crippen LogP contribution in [0.4, 0.5) is 0 Å². The molecule has 4 heterocycles. The van der Waals surface area contributed by atoms with Crippen molar-refractivity contribution in [3.63, 3.8) is 0 Å². The van der Waals surface area contributed by atoms with Gasteiger partial charge in [-0.3, -0.25) is 0 Å². The molecule has 0 amide bonds. The number of benzene rings is 9. The molecular weight excluding hydrogens is 757 g/mol. The number of nitrogens with zero attached hydrogens (tertiary/aromatic N) is 6. The quantitative estimate of drug-likeness (QED) is 0.178. The summed E-state index contributed by atoms with van der Waals surface area (Å²) >= 11 is 0. The molecule has 286 valence electrons. The Labute approximate surface area is 354 Å². The zero-order chi connectivity index (χ0) is 41.1. The van der Waals surface area contributed by atoms with Gasteiger partial charge in [-0.05, 0) is 72.8 Å². The molecule has 4 aromatic heterocycles. The highest BCUT2D eigenvalue weighted by Gasteiger charge is 2.28. The van der Waals surface area contributed by atoms with Crippen LogP contribution in [0, 0.1) is 22.7 Å². The summed E-state index contributed by atoms with van der Waals surface area (Å²) in [5.74, 6) is 0. The number of hydrogen-bond donors (Lipinski definition) is 0. The van der Waals surface area contributed by atoms with E-state index in [0.717, 1.165) is 87.8 Å². The van der Waals surface area contributed by atoms with Crippen LogP contribution in [0.15, 0.2) is 194 Å². The van der Waals surface area contributed by atoms with E-state index in [2.05, 4.69) is 200 Å². The number of aromatic nitrogens is 4. The zero-order valence-corrected chi connectivity index (χ0v) is 33.2. The lowest BCUT2D eigenvalue weighted by molar-refractivity contribution is 1.08. The topological polar surface area (TPSA) is 67.3 Å². The van der Waals surface area contributed by atoms with Crippen LogP contribution < -0.4 is 0 Å². The lowest BCUT2D eigenvalue weighted by atomic mass is 10.0. The summed E-state index contributed by atoms with van der Waals surface area (Å²) in [5, 5.41) is 31.2. The third-order valence-corrected chi connectivity index (χ3v) is 12.8. The van der Waals surface area contributed by atoms with Gasteiger partial charge in [-0.2, -0.15) is 10.5 Å². The summed E-state index contributed by atoms with van der Waals surface area (Å²) in [4.78, 5) is 0. The Hall–Kier alpha value is -8.84. The number of hydrogen-bond acceptors (Lipinski definition) is 2. The molecule has 0 aliphatic rings. The smallest absolute Gasteiger partial charge is 0.101 e. The molecule has 0 spiro atoms. The first-order valence-corrected chi connectivity index (χ1v) is 20.7. The van der Waals surface area contributed by atoms with Crippen molar-refractivity contribution in [3.8, 4) is 34.9 Å². The first-order valence-electron chi connectivity index (χ1n) is 20.7. The van der Waals surface area contributed by atoms with Crippen molar-refractivity contribution in [1.82, 2.24) is 18.3 Å². The molecule has 6 nitrogen and oxygen atoms in total. The van der Waals surface area contributed by atoms with Crippen molar-refractivity contribution >= 4 is 87.2 Å². The molecule has 0 aliphatic heterocycles. The van der Waals surface area contributed by atoms with Gasteiger partial charge in [0.2, 0.25) is 0 Å². The Morgan fingerprint density at radius 2 is 0.613 bits per heavy atom. The highest BCUT2D eigenvalue weighted by Crippen LogP contribution is 2.47. The first-order chi connectivity index (χ1) is 30.7. The van der Waals surface area contributed by atoms with Gasteiger partial charge in [0.1, 0.15) is 12.1 Å². The van der Waals surface area contributed by atoms with Crippen LogP contribution in [0.3, 0.4) is 0 Å². The van der Waals surface area contributed by atoms with Crippen LogP contribution in [0.1, 0.15) is 11.1 Å². The Morgan fingerprint density at radius 1 is 0.274 bits per heavy atom. The van der Waals surface area contributed by atoms with Gasteiger partial charge in [0.25, 0.3) is 0 Å². The van der Waals surface area contributed by atoms with Crippen molar-refractivity contribution in [2.75, 3.05) is 0 Å². The minimum absolute atomic E-state index is 0.468. The number of rotatable bonds is 4. The zero-order valence-electron chi connectivity index (χ0n) is 33.2. The second kappa shape index (κ2) is 12.8. The molecule has 0 N–H and O–H groups in total. The van der Waals surface area contributed by atoms with Crippen molar-refractivity contribution in [2.45, 2.75) is 0 Å². The van der Waals surface area contributed by atoms with Gasteiger partial charge in [0, 0.05) is 54.5 Å². The van der Waals surface area contributed by atoms with Crippen molar-refractivity contribution in [3.05, 3.63) is 205 Å². The molecule has 0 fully saturated rings. The van der Waals surface area contributed by atoms with Gasteiger partial charge in [-0.25, -0.2) is 0 Å². The SMILES string of the molecule is N#Cc1ccc(C#N)c(-n2c3ccccc3c3c2ccc2c4ccccc4n(-c4ccccc4)c23)c1-n1c2ccccc2c2c1ccc1c3ccccc3n(-c3ccccc3)c12. The average Bonchev–Trinajstić information content (AvgIpc) is 4.06. The van der Waals surface area contributed by atoms with Gasteiger partial charge >= 0.3 is 0 Å². The Bertz CT molecular complexity index is 3840. The molecule has 0 atom stereocenters. The van der Waals surface area contributed by atoms with Gasteiger partial charge in [-0.15, -0.1) is 0 Å². The molecule has 0 saturated carbocycles. The predicted octanol–water partition coefficient (Wildman–Crippen LogP) is 13.8. The summed E-state index contributed by atoms with van der Waals surface area (Å²) in [6.45, 7) is 0. The summed E-state index contributed by atoms with van der Waals surface area (Å²) in [5.41, 5.74) is 12.6. The molecule has 6 heteroatoms. The maximum atomic E-state index is 11.2. The number of nitriles is 2. The molecule has 13 aromatic rings. The molecule has 62 heavy (non-hydrogen) atoms. The van der Waals surface area contributed by atoms with E-state index in [1.807, 2.05) is 12.1 Å². The molecule has 0 aliphatic carbocycles. The Kier molecular flexibility index (Phi) is 7.05. The summed E-state index contributed by atoms with van der Waals surface area (Å²) in [6.07, 6.45) is 0. The number of para-hydroxylation sites is 6. The Morgan fingerprint density at radius 3 is 1.00 bits per heavy atom. The second-order valence-electron chi connectivity index (χ2n) is 15.9. The van der Waals surface area contributed by atoms with Crippen molar-refractivity contribution < 1.29 is 0 Å². The van der Waals surface area contributed by atoms with E-state index < -0.39 is 0 Å². The first kappa shape index (κ1) is 34.1. The third kappa shape index (κ3) is 4.45. The molecule has 13 rings (SSSR count). The van der Waals surface area contributed by atoms with Crippen LogP contribution >= 0.6 is 0 Å². The molecule has 0 radical (unpaired) electrons. The molecule has 0 bridgehead atoms. The van der Waals surface area contributed by atoms with E-state index in [1.165, 1.54) is 10.8 Å². The normalized spacial score (nSPS) is 11.8. The van der Waals surface area contributed by atoms with Crippen LogP contribution in [0.25, 0.3) is 110 Å². The predicted molar refractivity (Wildman–Crippen MR) is 253 cm³/mol. The maximum absolute atomic E-state index is 11.2. The highest BCUT2D eigenvalue weighted by atomic mass is 15.1. The van der Waals surface area contributed by atoms with Gasteiger partial charge in [0.05, 0.1) is 66.6 Å². The summed E-state index contributed by atoms with van der Waals surface area (Å²) in [6, 6.07) is 72.7. The minimum Gasteiger partial charge on any atom is -0.309 e. The van der Waals surface area contributed by atoms with E-state index in [0.29, 0.717) is 22.5 Å². The van der Waals surface area contributed by atoms with Crippen LogP contribution in [0.2, 0.25) is 0 Å². The van der Waals surface area contributed by atoms with Crippen molar-refractivity contribution in [2.24, 2.45) is 0 Å². The third-order valence-electron chi connectivity index (χ3n) is 12.8. The fourth-order valence-corrected chi connectivity index (χ4v) is 10.4. The fraction of sp³-hybridized carbons (Fsp3) is 0. The van der Waals surface area contributed by atoms with Crippen LogP contribution in [0.5, 0.6) is 0 Å². The van der Waals surface area contributed by atoms with E-state index in [-0.39, 0.29) is 0 Å². The van der Waals surface area contributed by atoms with E-state index in [1.54, 1.807) is 12.1 Å². The maximum Gasteiger partial charge on any atom is 0.101 e. The standard InChI is InChI=1S/C56H32N6/c57-33-35-27-28-36(34-58)54(62-48-26-14-10-22-44(48)52-50(62)32-30-42-40-20-8-12-24-46(40)60(56(42)52)38-17-5-2-6-18-38)53(35)61-47-25-13-9-21-43(47)51-49(61)31-29-41-39-19-7-11-23-45(39)59(55(41)51)37-15-3-1-4-16-37/h1-32H. The van der Waals surface area contributed by atoms with Gasteiger partial charge in [-0.1, -0.05) is 121 Å². The lowest BCUT2D eigenvalue weighted by Crippen LogP contribution is -2.08. The summed E-state index contributed by atoms with van der Waals surface area (Å²) < 4.78 is 9.19. The molecule has 0 saturated heterocycles. The average molecular weight is 789 g/mol. The van der Waals surface area contributed by atoms with Gasteiger partial charge < -0.3 is 18.3 Å². The fourth-order valence-electron chi connectivity index (χ4n) is 10.4. The van der Waals surface area contributed by atoms with Crippen molar-refractivity contribution in [1.29, 1.82) is 10.5 Å². The van der Waals surface area contributed by atoms with E-state index >= 15 is 0 Å². The lowest BCUT2D eigenvalue weighted by Gasteiger charge is -2.19. The molecular formula is C56H32N6. The van der Waals surface area contributed by atoms with E-state index in [9.17, 15) is 10.5 Å². The van der Waals surface area contributed by atoms with Crippen LogP contribution in [-0.4, -0.2) is 18.3 Å². The Balaban J connectivity index is 1.22. The minimum atomic E-state index is 0.468.